The van der Waals surface area contributed by atoms with Gasteiger partial charge in [-0.15, -0.1) is 11.8 Å². The normalized spacial score (nSPS) is 42.1. The Morgan fingerprint density at radius 2 is 1.63 bits per heavy atom. The Hall–Kier alpha value is -0.580. The largest absolute Gasteiger partial charge is 0.394 e. The standard InChI is InChI=1S/C17H31NO11S/c1-7(20)18-10-13(23)11(21)8(5-19)29-17(10)30-4-2-3-27-6-9-12(22)14(24)15(25)16(26)28-9/h8-17,19,21-26H,2-6H2,1H3,(H,18,20)/t8-,9-,10-,11-,12+,13-,14+,15-,16?,17?/m1/s1. The number of carbonyl (C=O) groups excluding carboxylic acids is 1. The second-order valence-electron chi connectivity index (χ2n) is 7.27. The van der Waals surface area contributed by atoms with E-state index in [4.69, 9.17) is 14.2 Å². The molecular weight excluding hydrogens is 426 g/mol. The van der Waals surface area contributed by atoms with Crippen LogP contribution >= 0.6 is 11.8 Å². The molecule has 0 bridgehead atoms. The average molecular weight is 457 g/mol. The van der Waals surface area contributed by atoms with Gasteiger partial charge in [-0.05, 0) is 12.2 Å². The molecule has 1 amide bonds. The molecule has 8 N–H and O–H groups in total. The van der Waals surface area contributed by atoms with Crippen LogP contribution in [0.25, 0.3) is 0 Å². The summed E-state index contributed by atoms with van der Waals surface area (Å²) in [7, 11) is 0. The van der Waals surface area contributed by atoms with Crippen molar-refractivity contribution in [3.63, 3.8) is 0 Å². The number of amides is 1. The molecular formula is C17H31NO11S. The molecule has 0 saturated carbocycles. The van der Waals surface area contributed by atoms with E-state index >= 15 is 0 Å². The fraction of sp³-hybridized carbons (Fsp3) is 0.941. The molecule has 0 aromatic heterocycles. The van der Waals surface area contributed by atoms with Crippen molar-refractivity contribution in [2.75, 3.05) is 25.6 Å². The van der Waals surface area contributed by atoms with Crippen LogP contribution in [0.15, 0.2) is 0 Å². The van der Waals surface area contributed by atoms with Crippen molar-refractivity contribution in [3.8, 4) is 0 Å². The second kappa shape index (κ2) is 11.9. The number of hydrogen-bond acceptors (Lipinski definition) is 12. The lowest BCUT2D eigenvalue weighted by atomic mass is 9.98. The van der Waals surface area contributed by atoms with E-state index in [1.165, 1.54) is 18.7 Å². The summed E-state index contributed by atoms with van der Waals surface area (Å²) in [5, 5.41) is 70.5. The lowest BCUT2D eigenvalue weighted by Gasteiger charge is -2.42. The van der Waals surface area contributed by atoms with Gasteiger partial charge in [0, 0.05) is 13.5 Å². The summed E-state index contributed by atoms with van der Waals surface area (Å²) in [5.74, 6) is 0.0894. The molecule has 13 heteroatoms. The average Bonchev–Trinajstić information content (AvgIpc) is 2.71. The van der Waals surface area contributed by atoms with Crippen LogP contribution in [0.2, 0.25) is 0 Å². The van der Waals surface area contributed by atoms with Crippen molar-refractivity contribution in [1.29, 1.82) is 0 Å². The van der Waals surface area contributed by atoms with Crippen LogP contribution < -0.4 is 5.32 Å². The molecule has 2 heterocycles. The van der Waals surface area contributed by atoms with E-state index in [-0.39, 0.29) is 13.2 Å². The van der Waals surface area contributed by atoms with Gasteiger partial charge < -0.3 is 55.3 Å². The van der Waals surface area contributed by atoms with Gasteiger partial charge in [0.05, 0.1) is 19.3 Å². The Morgan fingerprint density at radius 3 is 2.27 bits per heavy atom. The van der Waals surface area contributed by atoms with E-state index in [0.29, 0.717) is 12.2 Å². The number of aliphatic hydroxyl groups is 7. The van der Waals surface area contributed by atoms with E-state index in [0.717, 1.165) is 0 Å². The van der Waals surface area contributed by atoms with Gasteiger partial charge in [0.25, 0.3) is 0 Å². The van der Waals surface area contributed by atoms with Crippen molar-refractivity contribution < 1.29 is 54.8 Å². The molecule has 2 saturated heterocycles. The predicted octanol–water partition coefficient (Wildman–Crippen LogP) is -4.13. The van der Waals surface area contributed by atoms with E-state index in [1.54, 1.807) is 0 Å². The first-order valence-corrected chi connectivity index (χ1v) is 10.7. The Balaban J connectivity index is 1.74. The third kappa shape index (κ3) is 6.46. The first kappa shape index (κ1) is 25.7. The molecule has 0 spiro atoms. The molecule has 176 valence electrons. The van der Waals surface area contributed by atoms with Crippen LogP contribution in [0.1, 0.15) is 13.3 Å². The highest BCUT2D eigenvalue weighted by atomic mass is 32.2. The summed E-state index contributed by atoms with van der Waals surface area (Å²) in [5.41, 5.74) is -0.695. The number of carbonyl (C=O) groups is 1. The van der Waals surface area contributed by atoms with Gasteiger partial charge >= 0.3 is 0 Å². The maximum absolute atomic E-state index is 11.4. The predicted molar refractivity (Wildman–Crippen MR) is 102 cm³/mol. The minimum atomic E-state index is -1.62. The zero-order valence-corrected chi connectivity index (χ0v) is 17.3. The lowest BCUT2D eigenvalue weighted by Crippen LogP contribution is -2.63. The number of thioether (sulfide) groups is 1. The maximum atomic E-state index is 11.4. The maximum Gasteiger partial charge on any atom is 0.217 e. The van der Waals surface area contributed by atoms with E-state index in [9.17, 15) is 40.5 Å². The van der Waals surface area contributed by atoms with Crippen molar-refractivity contribution in [3.05, 3.63) is 0 Å². The van der Waals surface area contributed by atoms with Crippen molar-refractivity contribution >= 4 is 17.7 Å². The van der Waals surface area contributed by atoms with Crippen LogP contribution in [-0.2, 0) is 19.0 Å². The first-order chi connectivity index (χ1) is 14.2. The van der Waals surface area contributed by atoms with Crippen LogP contribution in [0.4, 0.5) is 0 Å². The molecule has 0 aromatic carbocycles. The molecule has 0 aromatic rings. The van der Waals surface area contributed by atoms with Crippen LogP contribution in [0.5, 0.6) is 0 Å². The smallest absolute Gasteiger partial charge is 0.217 e. The third-order valence-corrected chi connectivity index (χ3v) is 6.19. The highest BCUT2D eigenvalue weighted by Gasteiger charge is 2.45. The fourth-order valence-corrected chi connectivity index (χ4v) is 4.42. The Morgan fingerprint density at radius 1 is 0.967 bits per heavy atom. The highest BCUT2D eigenvalue weighted by Crippen LogP contribution is 2.29. The van der Waals surface area contributed by atoms with Crippen molar-refractivity contribution in [1.82, 2.24) is 5.32 Å². The number of aliphatic hydroxyl groups excluding tert-OH is 7. The molecule has 0 radical (unpaired) electrons. The number of ether oxygens (including phenoxy) is 3. The summed E-state index contributed by atoms with van der Waals surface area (Å²) >= 11 is 1.27. The zero-order chi connectivity index (χ0) is 22.4. The Bertz CT molecular complexity index is 544. The summed E-state index contributed by atoms with van der Waals surface area (Å²) in [4.78, 5) is 11.4. The molecule has 2 fully saturated rings. The molecule has 2 aliphatic rings. The van der Waals surface area contributed by atoms with Gasteiger partial charge in [0.1, 0.15) is 48.2 Å². The van der Waals surface area contributed by atoms with Crippen molar-refractivity contribution in [2.24, 2.45) is 0 Å². The SMILES string of the molecule is CC(=O)N[C@H]1C(SCCCOC[C@H]2OC(O)[C@H](O)[C@@H](O)[C@H]2O)O[C@H](CO)[C@@H](O)[C@@H]1O. The van der Waals surface area contributed by atoms with Gasteiger partial charge in [0.15, 0.2) is 6.29 Å². The molecule has 12 nitrogen and oxygen atoms in total. The van der Waals surface area contributed by atoms with Crippen LogP contribution in [0, 0.1) is 0 Å². The van der Waals surface area contributed by atoms with Crippen molar-refractivity contribution in [2.45, 2.75) is 73.8 Å². The third-order valence-electron chi connectivity index (χ3n) is 4.94. The van der Waals surface area contributed by atoms with Crippen LogP contribution in [0.3, 0.4) is 0 Å². The molecule has 0 aliphatic carbocycles. The molecule has 2 unspecified atom stereocenters. The summed E-state index contributed by atoms with van der Waals surface area (Å²) < 4.78 is 16.0. The van der Waals surface area contributed by atoms with Crippen LogP contribution in [-0.4, -0.2) is 128 Å². The molecule has 2 rings (SSSR count). The van der Waals surface area contributed by atoms with Gasteiger partial charge in [-0.2, -0.15) is 0 Å². The minimum absolute atomic E-state index is 0.112. The Kier molecular flexibility index (Phi) is 10.2. The van der Waals surface area contributed by atoms with Gasteiger partial charge in [-0.1, -0.05) is 0 Å². The number of nitrogens with one attached hydrogen (secondary N) is 1. The number of rotatable bonds is 9. The lowest BCUT2D eigenvalue weighted by molar-refractivity contribution is -0.288. The molecule has 30 heavy (non-hydrogen) atoms. The summed E-state index contributed by atoms with van der Waals surface area (Å²) in [6.45, 7) is 0.918. The summed E-state index contributed by atoms with van der Waals surface area (Å²) in [6, 6.07) is -0.855. The monoisotopic (exact) mass is 457 g/mol. The molecule has 2 aliphatic heterocycles. The van der Waals surface area contributed by atoms with E-state index < -0.39 is 73.0 Å². The molecule has 10 atom stereocenters. The highest BCUT2D eigenvalue weighted by molar-refractivity contribution is 7.99. The Labute approximate surface area is 177 Å². The quantitative estimate of drug-likeness (QED) is 0.156. The minimum Gasteiger partial charge on any atom is -0.394 e. The first-order valence-electron chi connectivity index (χ1n) is 9.64. The fourth-order valence-electron chi connectivity index (χ4n) is 3.24. The van der Waals surface area contributed by atoms with E-state index in [1.807, 2.05) is 0 Å². The van der Waals surface area contributed by atoms with Gasteiger partial charge in [0.2, 0.25) is 5.91 Å². The topological polar surface area (TPSA) is 198 Å². The zero-order valence-electron chi connectivity index (χ0n) is 16.5. The van der Waals surface area contributed by atoms with E-state index in [2.05, 4.69) is 5.32 Å². The number of hydrogen-bond donors (Lipinski definition) is 8. The van der Waals surface area contributed by atoms with Gasteiger partial charge in [-0.3, -0.25) is 4.79 Å². The van der Waals surface area contributed by atoms with Gasteiger partial charge in [-0.25, -0.2) is 0 Å². The second-order valence-corrected chi connectivity index (χ2v) is 8.48. The summed E-state index contributed by atoms with van der Waals surface area (Å²) in [6.07, 6.45) is -10.3.